The van der Waals surface area contributed by atoms with E-state index in [4.69, 9.17) is 10.2 Å². The van der Waals surface area contributed by atoms with Crippen molar-refractivity contribution in [3.63, 3.8) is 0 Å². The number of hydrogen-bond acceptors (Lipinski definition) is 2. The molecule has 2 heteroatoms. The van der Waals surface area contributed by atoms with Gasteiger partial charge < -0.3 is 10.2 Å². The molecule has 0 spiro atoms. The average Bonchev–Trinajstić information content (AvgIpc) is 1.85. The van der Waals surface area contributed by atoms with E-state index in [9.17, 15) is 0 Å². The van der Waals surface area contributed by atoms with Crippen LogP contribution in [-0.2, 0) is 0 Å². The summed E-state index contributed by atoms with van der Waals surface area (Å²) in [4.78, 5) is 0. The van der Waals surface area contributed by atoms with Crippen LogP contribution in [0.5, 0.6) is 0 Å². The van der Waals surface area contributed by atoms with Crippen LogP contribution in [0.2, 0.25) is 0 Å². The van der Waals surface area contributed by atoms with Crippen LogP contribution in [0.4, 0.5) is 0 Å². The summed E-state index contributed by atoms with van der Waals surface area (Å²) in [7, 11) is 0. The molecule has 0 fully saturated rings. The van der Waals surface area contributed by atoms with Crippen LogP contribution < -0.4 is 0 Å². The Bertz CT molecular complexity index is 211. The van der Waals surface area contributed by atoms with Gasteiger partial charge in [-0.25, -0.2) is 0 Å². The first kappa shape index (κ1) is 8.24. The number of benzene rings is 1. The van der Waals surface area contributed by atoms with Crippen molar-refractivity contribution in [1.29, 1.82) is 0 Å². The van der Waals surface area contributed by atoms with E-state index in [2.05, 4.69) is 0 Å². The highest BCUT2D eigenvalue weighted by Crippen LogP contribution is 2.11. The molecule has 2 nitrogen and oxygen atoms in total. The quantitative estimate of drug-likeness (QED) is 0.617. The number of aliphatic hydroxyl groups is 2. The lowest BCUT2D eigenvalue weighted by Gasteiger charge is -2.14. The molecule has 0 bridgehead atoms. The Morgan fingerprint density at radius 1 is 1.18 bits per heavy atom. The second kappa shape index (κ2) is 3.03. The van der Waals surface area contributed by atoms with Gasteiger partial charge in [0.1, 0.15) is 0 Å². The summed E-state index contributed by atoms with van der Waals surface area (Å²) in [6.45, 7) is 1.32. The molecule has 11 heavy (non-hydrogen) atoms. The third-order valence-corrected chi connectivity index (χ3v) is 1.24. The standard InChI is InChI=1S/C9H11O2/c1-9(10,11)7-8-5-3-2-4-6-8/h2-7,10-11H,1H3. The van der Waals surface area contributed by atoms with Crippen LogP contribution in [0.15, 0.2) is 30.3 Å². The Morgan fingerprint density at radius 3 is 2.18 bits per heavy atom. The van der Waals surface area contributed by atoms with Gasteiger partial charge in [-0.3, -0.25) is 0 Å². The van der Waals surface area contributed by atoms with Gasteiger partial charge in [-0.2, -0.15) is 0 Å². The van der Waals surface area contributed by atoms with E-state index in [0.29, 0.717) is 0 Å². The fourth-order valence-electron chi connectivity index (χ4n) is 0.865. The maximum Gasteiger partial charge on any atom is 0.167 e. The molecule has 1 rings (SSSR count). The van der Waals surface area contributed by atoms with Crippen LogP contribution in [-0.4, -0.2) is 16.0 Å². The minimum absolute atomic E-state index is 0.806. The highest BCUT2D eigenvalue weighted by atomic mass is 16.5. The van der Waals surface area contributed by atoms with E-state index in [0.717, 1.165) is 5.56 Å². The Labute approximate surface area is 66.1 Å². The van der Waals surface area contributed by atoms with Crippen LogP contribution >= 0.6 is 0 Å². The van der Waals surface area contributed by atoms with Gasteiger partial charge in [-0.15, -0.1) is 0 Å². The van der Waals surface area contributed by atoms with Crippen molar-refractivity contribution in [3.05, 3.63) is 42.3 Å². The van der Waals surface area contributed by atoms with E-state index in [1.807, 2.05) is 30.3 Å². The Hall–Kier alpha value is -0.860. The highest BCUT2D eigenvalue weighted by molar-refractivity contribution is 5.24. The van der Waals surface area contributed by atoms with Crippen molar-refractivity contribution in [2.45, 2.75) is 12.7 Å². The lowest BCUT2D eigenvalue weighted by Crippen LogP contribution is -2.23. The smallest absolute Gasteiger partial charge is 0.167 e. The second-order valence-corrected chi connectivity index (χ2v) is 2.65. The van der Waals surface area contributed by atoms with E-state index in [-0.39, 0.29) is 0 Å². The second-order valence-electron chi connectivity index (χ2n) is 2.65. The number of hydrogen-bond donors (Lipinski definition) is 2. The van der Waals surface area contributed by atoms with Crippen LogP contribution in [0.25, 0.3) is 0 Å². The topological polar surface area (TPSA) is 40.5 Å². The van der Waals surface area contributed by atoms with E-state index in [1.54, 1.807) is 0 Å². The summed E-state index contributed by atoms with van der Waals surface area (Å²) in [5, 5.41) is 17.9. The summed E-state index contributed by atoms with van der Waals surface area (Å²) < 4.78 is 0. The van der Waals surface area contributed by atoms with Crippen LogP contribution in [0.3, 0.4) is 0 Å². The van der Waals surface area contributed by atoms with Crippen molar-refractivity contribution in [3.8, 4) is 0 Å². The largest absolute Gasteiger partial charge is 0.365 e. The third kappa shape index (κ3) is 3.16. The molecule has 2 N–H and O–H groups in total. The molecule has 1 aromatic carbocycles. The number of rotatable bonds is 2. The predicted molar refractivity (Wildman–Crippen MR) is 42.7 cm³/mol. The SMILES string of the molecule is CC(O)(O)[CH]c1ccccc1. The highest BCUT2D eigenvalue weighted by Gasteiger charge is 2.15. The first-order valence-electron chi connectivity index (χ1n) is 3.44. The average molecular weight is 151 g/mol. The van der Waals surface area contributed by atoms with Crippen molar-refractivity contribution in [2.24, 2.45) is 0 Å². The van der Waals surface area contributed by atoms with Gasteiger partial charge in [-0.1, -0.05) is 30.3 Å². The Kier molecular flexibility index (Phi) is 2.27. The molecule has 1 aromatic rings. The van der Waals surface area contributed by atoms with E-state index < -0.39 is 5.79 Å². The van der Waals surface area contributed by atoms with Crippen molar-refractivity contribution in [1.82, 2.24) is 0 Å². The zero-order valence-corrected chi connectivity index (χ0v) is 6.36. The Balaban J connectivity index is 2.66. The molecule has 1 radical (unpaired) electrons. The van der Waals surface area contributed by atoms with Gasteiger partial charge in [0.05, 0.1) is 0 Å². The summed E-state index contributed by atoms with van der Waals surface area (Å²) >= 11 is 0. The van der Waals surface area contributed by atoms with Crippen LogP contribution in [0.1, 0.15) is 12.5 Å². The van der Waals surface area contributed by atoms with Crippen LogP contribution in [0, 0.1) is 6.42 Å². The van der Waals surface area contributed by atoms with Gasteiger partial charge in [0.25, 0.3) is 0 Å². The fourth-order valence-corrected chi connectivity index (χ4v) is 0.865. The maximum absolute atomic E-state index is 8.97. The van der Waals surface area contributed by atoms with Gasteiger partial charge in [0.2, 0.25) is 0 Å². The van der Waals surface area contributed by atoms with E-state index >= 15 is 0 Å². The molecule has 0 atom stereocenters. The monoisotopic (exact) mass is 151 g/mol. The summed E-state index contributed by atoms with van der Waals surface area (Å²) in [6.07, 6.45) is 1.38. The zero-order chi connectivity index (χ0) is 8.32. The van der Waals surface area contributed by atoms with Crippen molar-refractivity contribution < 1.29 is 10.2 Å². The molecule has 0 saturated heterocycles. The molecule has 0 aromatic heterocycles. The molecule has 0 heterocycles. The molecule has 0 aliphatic rings. The lowest BCUT2D eigenvalue weighted by atomic mass is 10.1. The molecule has 0 unspecified atom stereocenters. The predicted octanol–water partition coefficient (Wildman–Crippen LogP) is 0.940. The minimum atomic E-state index is -1.72. The molecule has 59 valence electrons. The van der Waals surface area contributed by atoms with Crippen molar-refractivity contribution in [2.75, 3.05) is 0 Å². The Morgan fingerprint density at radius 2 is 1.73 bits per heavy atom. The summed E-state index contributed by atoms with van der Waals surface area (Å²) in [5.74, 6) is -1.72. The fraction of sp³-hybridized carbons (Fsp3) is 0.222. The maximum atomic E-state index is 8.97. The lowest BCUT2D eigenvalue weighted by molar-refractivity contribution is -0.112. The molecule has 0 amide bonds. The third-order valence-electron chi connectivity index (χ3n) is 1.24. The first-order valence-corrected chi connectivity index (χ1v) is 3.44. The van der Waals surface area contributed by atoms with Gasteiger partial charge in [0.15, 0.2) is 5.79 Å². The summed E-state index contributed by atoms with van der Waals surface area (Å²) in [6, 6.07) is 9.19. The molecular weight excluding hydrogens is 140 g/mol. The molecule has 0 aliphatic carbocycles. The zero-order valence-electron chi connectivity index (χ0n) is 6.36. The van der Waals surface area contributed by atoms with Gasteiger partial charge >= 0.3 is 0 Å². The van der Waals surface area contributed by atoms with Gasteiger partial charge in [-0.05, 0) is 12.5 Å². The first-order chi connectivity index (χ1) is 5.08. The van der Waals surface area contributed by atoms with E-state index in [1.165, 1.54) is 13.3 Å². The molecule has 0 saturated carbocycles. The van der Waals surface area contributed by atoms with Gasteiger partial charge in [0, 0.05) is 6.42 Å². The molecule has 0 aliphatic heterocycles. The minimum Gasteiger partial charge on any atom is -0.365 e. The summed E-state index contributed by atoms with van der Waals surface area (Å²) in [5.41, 5.74) is 0.806. The molecular formula is C9H11O2. The van der Waals surface area contributed by atoms with Crippen molar-refractivity contribution >= 4 is 0 Å². The normalized spacial score (nSPS) is 11.5.